The van der Waals surface area contributed by atoms with Gasteiger partial charge in [0.1, 0.15) is 11.3 Å². The number of piperidine rings is 1. The van der Waals surface area contributed by atoms with Crippen molar-refractivity contribution in [2.45, 2.75) is 31.6 Å². The molecule has 0 amide bonds. The second kappa shape index (κ2) is 8.36. The Morgan fingerprint density at radius 2 is 1.97 bits per heavy atom. The highest BCUT2D eigenvalue weighted by Crippen LogP contribution is 2.35. The van der Waals surface area contributed by atoms with Crippen molar-refractivity contribution < 1.29 is 22.5 Å². The maximum absolute atomic E-state index is 13.0. The van der Waals surface area contributed by atoms with Crippen LogP contribution in [-0.4, -0.2) is 30.7 Å². The van der Waals surface area contributed by atoms with Gasteiger partial charge >= 0.3 is 11.3 Å². The summed E-state index contributed by atoms with van der Waals surface area (Å²) in [4.78, 5) is 22.5. The molecule has 9 nitrogen and oxygen atoms in total. The molecule has 1 aliphatic rings. The van der Waals surface area contributed by atoms with E-state index in [-0.39, 0.29) is 27.9 Å². The number of hydrogen-bond acceptors (Lipinski definition) is 7. The zero-order valence-electron chi connectivity index (χ0n) is 17.6. The first kappa shape index (κ1) is 22.0. The first-order chi connectivity index (χ1) is 15.1. The lowest BCUT2D eigenvalue weighted by Crippen LogP contribution is -2.39. The molecule has 2 aromatic carbocycles. The van der Waals surface area contributed by atoms with E-state index in [0.29, 0.717) is 18.5 Å². The second-order valence-electron chi connectivity index (χ2n) is 8.01. The number of fused-ring (bicyclic) bond motifs is 1. The number of benzene rings is 2. The van der Waals surface area contributed by atoms with Crippen LogP contribution in [0.3, 0.4) is 0 Å². The average molecular weight is 458 g/mol. The average Bonchev–Trinajstić information content (AvgIpc) is 2.73. The van der Waals surface area contributed by atoms with E-state index in [4.69, 9.17) is 9.15 Å². The van der Waals surface area contributed by atoms with Gasteiger partial charge < -0.3 is 9.15 Å². The van der Waals surface area contributed by atoms with Crippen LogP contribution in [0.1, 0.15) is 25.3 Å². The van der Waals surface area contributed by atoms with Crippen molar-refractivity contribution in [3.8, 4) is 11.5 Å². The molecule has 1 atom stereocenters. The Kier molecular flexibility index (Phi) is 5.74. The number of ether oxygens (including phenoxy) is 1. The molecule has 32 heavy (non-hydrogen) atoms. The number of nitrogens with zero attached hydrogens (tertiary/aromatic N) is 2. The first-order valence-electron chi connectivity index (χ1n) is 10.2. The minimum Gasteiger partial charge on any atom is -0.450 e. The van der Waals surface area contributed by atoms with Crippen LogP contribution in [-0.2, 0) is 10.0 Å². The van der Waals surface area contributed by atoms with Crippen molar-refractivity contribution in [1.29, 1.82) is 0 Å². The molecule has 168 valence electrons. The molecule has 4 rings (SSSR count). The highest BCUT2D eigenvalue weighted by Gasteiger charge is 2.31. The summed E-state index contributed by atoms with van der Waals surface area (Å²) in [5.74, 6) is 0.331. The van der Waals surface area contributed by atoms with E-state index < -0.39 is 26.3 Å². The van der Waals surface area contributed by atoms with Crippen molar-refractivity contribution in [2.24, 2.45) is 5.92 Å². The van der Waals surface area contributed by atoms with Crippen LogP contribution in [0.2, 0.25) is 0 Å². The van der Waals surface area contributed by atoms with E-state index in [1.54, 1.807) is 19.1 Å². The lowest BCUT2D eigenvalue weighted by atomic mass is 10.0. The highest BCUT2D eigenvalue weighted by molar-refractivity contribution is 7.89. The fourth-order valence-corrected chi connectivity index (χ4v) is 5.51. The molecule has 0 spiro atoms. The summed E-state index contributed by atoms with van der Waals surface area (Å²) in [5, 5.41) is 12.4. The molecule has 1 fully saturated rings. The third kappa shape index (κ3) is 4.23. The Morgan fingerprint density at radius 1 is 1.19 bits per heavy atom. The molecule has 1 unspecified atom stereocenters. The van der Waals surface area contributed by atoms with Crippen LogP contribution in [0.15, 0.2) is 56.6 Å². The van der Waals surface area contributed by atoms with Gasteiger partial charge in [-0.3, -0.25) is 10.1 Å². The summed E-state index contributed by atoms with van der Waals surface area (Å²) < 4.78 is 38.2. The summed E-state index contributed by atoms with van der Waals surface area (Å²) in [7, 11) is -3.86. The Balaban J connectivity index is 1.69. The smallest absolute Gasteiger partial charge is 0.336 e. The fourth-order valence-electron chi connectivity index (χ4n) is 3.90. The van der Waals surface area contributed by atoms with E-state index in [2.05, 4.69) is 0 Å². The molecule has 0 bridgehead atoms. The molecule has 1 saturated heterocycles. The van der Waals surface area contributed by atoms with E-state index in [1.807, 2.05) is 6.92 Å². The number of sulfonamides is 1. The van der Waals surface area contributed by atoms with Gasteiger partial charge in [-0.2, -0.15) is 4.31 Å². The molecule has 0 radical (unpaired) electrons. The Labute approximate surface area is 184 Å². The summed E-state index contributed by atoms with van der Waals surface area (Å²) in [6.07, 6.45) is 1.70. The number of rotatable bonds is 5. The monoisotopic (exact) mass is 458 g/mol. The van der Waals surface area contributed by atoms with Crippen LogP contribution in [0, 0.1) is 23.0 Å². The van der Waals surface area contributed by atoms with Gasteiger partial charge in [0.25, 0.3) is 0 Å². The normalized spacial score (nSPS) is 17.4. The molecule has 3 aromatic rings. The van der Waals surface area contributed by atoms with E-state index >= 15 is 0 Å². The first-order valence-corrected chi connectivity index (χ1v) is 11.6. The second-order valence-corrected chi connectivity index (χ2v) is 9.94. The molecule has 0 saturated carbocycles. The zero-order chi connectivity index (χ0) is 23.0. The summed E-state index contributed by atoms with van der Waals surface area (Å²) in [6.45, 7) is 4.53. The van der Waals surface area contributed by atoms with Gasteiger partial charge in [-0.25, -0.2) is 13.2 Å². The predicted molar refractivity (Wildman–Crippen MR) is 118 cm³/mol. The molecule has 2 heterocycles. The van der Waals surface area contributed by atoms with Crippen molar-refractivity contribution in [3.05, 3.63) is 68.6 Å². The number of hydrogen-bond donors (Lipinski definition) is 0. The Hall–Kier alpha value is -3.24. The highest BCUT2D eigenvalue weighted by atomic mass is 32.2. The maximum atomic E-state index is 13.0. The summed E-state index contributed by atoms with van der Waals surface area (Å²) in [6, 6.07) is 9.72. The Bertz CT molecular complexity index is 1360. The van der Waals surface area contributed by atoms with E-state index in [9.17, 15) is 23.3 Å². The van der Waals surface area contributed by atoms with Gasteiger partial charge in [0, 0.05) is 36.7 Å². The molecular weight excluding hydrogens is 436 g/mol. The topological polar surface area (TPSA) is 120 Å². The molecule has 1 aliphatic heterocycles. The van der Waals surface area contributed by atoms with Crippen molar-refractivity contribution in [2.75, 3.05) is 13.1 Å². The van der Waals surface area contributed by atoms with Gasteiger partial charge in [-0.1, -0.05) is 6.92 Å². The standard InChI is InChI=1S/C22H22N2O7S/c1-14-4-3-9-23(13-14)32(28,29)17-6-8-20(19(12-17)24(26)27)30-16-5-7-18-15(2)10-22(25)31-21(18)11-16/h5-8,10-12,14H,3-4,9,13H2,1-2H3. The third-order valence-electron chi connectivity index (χ3n) is 5.54. The molecule has 0 N–H and O–H groups in total. The van der Waals surface area contributed by atoms with Crippen molar-refractivity contribution in [1.82, 2.24) is 4.31 Å². The quantitative estimate of drug-likeness (QED) is 0.319. The largest absolute Gasteiger partial charge is 0.450 e. The summed E-state index contributed by atoms with van der Waals surface area (Å²) in [5.41, 5.74) is 0.0330. The summed E-state index contributed by atoms with van der Waals surface area (Å²) >= 11 is 0. The van der Waals surface area contributed by atoms with Gasteiger partial charge in [0.2, 0.25) is 15.8 Å². The van der Waals surface area contributed by atoms with E-state index in [0.717, 1.165) is 24.5 Å². The van der Waals surface area contributed by atoms with Crippen LogP contribution < -0.4 is 10.4 Å². The molecule has 1 aromatic heterocycles. The predicted octanol–water partition coefficient (Wildman–Crippen LogP) is 4.22. The van der Waals surface area contributed by atoms with Gasteiger partial charge in [0.05, 0.1) is 9.82 Å². The lowest BCUT2D eigenvalue weighted by molar-refractivity contribution is -0.385. The zero-order valence-corrected chi connectivity index (χ0v) is 18.4. The molecular formula is C22H22N2O7S. The number of aryl methyl sites for hydroxylation is 1. The molecule has 10 heteroatoms. The SMILES string of the molecule is Cc1cc(=O)oc2cc(Oc3ccc(S(=O)(=O)N4CCCC(C)C4)cc3[N+](=O)[O-])ccc12. The van der Waals surface area contributed by atoms with Gasteiger partial charge in [0.15, 0.2) is 0 Å². The maximum Gasteiger partial charge on any atom is 0.336 e. The van der Waals surface area contributed by atoms with Crippen LogP contribution in [0.5, 0.6) is 11.5 Å². The van der Waals surface area contributed by atoms with Crippen LogP contribution >= 0.6 is 0 Å². The van der Waals surface area contributed by atoms with Crippen LogP contribution in [0.25, 0.3) is 11.0 Å². The van der Waals surface area contributed by atoms with Crippen LogP contribution in [0.4, 0.5) is 5.69 Å². The fraction of sp³-hybridized carbons (Fsp3) is 0.318. The van der Waals surface area contributed by atoms with E-state index in [1.165, 1.54) is 28.6 Å². The lowest BCUT2D eigenvalue weighted by Gasteiger charge is -2.30. The minimum atomic E-state index is -3.86. The number of nitro benzene ring substituents is 1. The van der Waals surface area contributed by atoms with Crippen molar-refractivity contribution >= 4 is 26.7 Å². The minimum absolute atomic E-state index is 0.115. The van der Waals surface area contributed by atoms with Crippen molar-refractivity contribution in [3.63, 3.8) is 0 Å². The van der Waals surface area contributed by atoms with Gasteiger partial charge in [-0.05, 0) is 55.5 Å². The third-order valence-corrected chi connectivity index (χ3v) is 7.40. The number of nitro groups is 1. The molecule has 0 aliphatic carbocycles. The van der Waals surface area contributed by atoms with Gasteiger partial charge in [-0.15, -0.1) is 0 Å². The Morgan fingerprint density at radius 3 is 2.69 bits per heavy atom.